The van der Waals surface area contributed by atoms with Gasteiger partial charge in [-0.1, -0.05) is 66.7 Å². The first-order valence-corrected chi connectivity index (χ1v) is 17.5. The van der Waals surface area contributed by atoms with Gasteiger partial charge < -0.3 is 30.2 Å². The van der Waals surface area contributed by atoms with E-state index in [-0.39, 0.29) is 32.0 Å². The number of aliphatic hydroxyl groups excluding tert-OH is 2. The third-order valence-electron chi connectivity index (χ3n) is 9.60. The highest BCUT2D eigenvalue weighted by Gasteiger charge is 2.37. The number of para-hydroxylation sites is 2. The van der Waals surface area contributed by atoms with Crippen LogP contribution in [-0.2, 0) is 22.6 Å². The van der Waals surface area contributed by atoms with Crippen LogP contribution in [0.4, 0.5) is 13.2 Å². The maximum absolute atomic E-state index is 13.9. The first-order chi connectivity index (χ1) is 25.0. The van der Waals surface area contributed by atoms with Crippen molar-refractivity contribution in [2.75, 3.05) is 39.3 Å². The second kappa shape index (κ2) is 16.8. The standard InChI is InChI=1S/C39H44F3N5O5/c40-39(41,42)26-43-38(51)33-24-45(21-28-15-16-46(22-28)30-11-5-2-6-12-30)17-18-47(33)23-31(48)20-29(19-27-9-3-1-4-10-27)37(50)44-36-32-13-7-8-14-35(32)52-25-34(36)49/h1-16,22,29,31,33-34,36,48-49H,17-21,23-26H2,(H,43,51)(H,44,50)/t29-,31+,33+,34-,36+/m1/s1. The van der Waals surface area contributed by atoms with Gasteiger partial charge in [-0.15, -0.1) is 0 Å². The van der Waals surface area contributed by atoms with Crippen molar-refractivity contribution >= 4 is 11.8 Å². The highest BCUT2D eigenvalue weighted by Crippen LogP contribution is 2.32. The van der Waals surface area contributed by atoms with E-state index < -0.39 is 48.8 Å². The third kappa shape index (κ3) is 9.79. The number of hydrogen-bond acceptors (Lipinski definition) is 7. The second-order valence-electron chi connectivity index (χ2n) is 13.5. The largest absolute Gasteiger partial charge is 0.490 e. The Morgan fingerprint density at radius 3 is 2.38 bits per heavy atom. The Bertz CT molecular complexity index is 1770. The summed E-state index contributed by atoms with van der Waals surface area (Å²) >= 11 is 0. The van der Waals surface area contributed by atoms with Crippen LogP contribution >= 0.6 is 0 Å². The molecule has 10 nitrogen and oxygen atoms in total. The molecule has 4 N–H and O–H groups in total. The predicted octanol–water partition coefficient (Wildman–Crippen LogP) is 3.86. The minimum atomic E-state index is -4.58. The molecule has 3 heterocycles. The lowest BCUT2D eigenvalue weighted by molar-refractivity contribution is -0.143. The topological polar surface area (TPSA) is 119 Å². The van der Waals surface area contributed by atoms with Gasteiger partial charge in [-0.3, -0.25) is 19.4 Å². The number of ether oxygens (including phenoxy) is 1. The molecule has 0 unspecified atom stereocenters. The number of hydrogen-bond donors (Lipinski definition) is 4. The van der Waals surface area contributed by atoms with E-state index in [0.717, 1.165) is 16.8 Å². The third-order valence-corrected chi connectivity index (χ3v) is 9.60. The van der Waals surface area contributed by atoms with Crippen molar-refractivity contribution in [2.24, 2.45) is 5.92 Å². The average molecular weight is 720 g/mol. The second-order valence-corrected chi connectivity index (χ2v) is 13.5. The van der Waals surface area contributed by atoms with Gasteiger partial charge in [0.25, 0.3) is 0 Å². The van der Waals surface area contributed by atoms with Crippen LogP contribution < -0.4 is 15.4 Å². The molecule has 0 saturated carbocycles. The minimum Gasteiger partial charge on any atom is -0.490 e. The summed E-state index contributed by atoms with van der Waals surface area (Å²) in [5.74, 6) is -1.29. The van der Waals surface area contributed by atoms with Crippen LogP contribution in [-0.4, -0.2) is 100 Å². The Morgan fingerprint density at radius 2 is 1.63 bits per heavy atom. The van der Waals surface area contributed by atoms with Gasteiger partial charge in [-0.2, -0.15) is 13.2 Å². The van der Waals surface area contributed by atoms with Crippen LogP contribution in [0.1, 0.15) is 29.2 Å². The number of benzene rings is 3. The van der Waals surface area contributed by atoms with Crippen molar-refractivity contribution in [1.29, 1.82) is 0 Å². The van der Waals surface area contributed by atoms with Gasteiger partial charge in [-0.25, -0.2) is 0 Å². The summed E-state index contributed by atoms with van der Waals surface area (Å²) in [5, 5.41) is 27.3. The number of aliphatic hydroxyl groups is 2. The fourth-order valence-corrected chi connectivity index (χ4v) is 6.99. The number of rotatable bonds is 13. The molecular weight excluding hydrogens is 675 g/mol. The van der Waals surface area contributed by atoms with Crippen molar-refractivity contribution in [2.45, 2.75) is 49.9 Å². The van der Waals surface area contributed by atoms with E-state index in [1.807, 2.05) is 100.0 Å². The summed E-state index contributed by atoms with van der Waals surface area (Å²) in [6.45, 7) is 0.00343. The number of carbonyl (C=O) groups is 2. The van der Waals surface area contributed by atoms with E-state index in [4.69, 9.17) is 4.74 Å². The molecule has 52 heavy (non-hydrogen) atoms. The van der Waals surface area contributed by atoms with Crippen molar-refractivity contribution in [3.63, 3.8) is 0 Å². The highest BCUT2D eigenvalue weighted by molar-refractivity contribution is 5.82. The van der Waals surface area contributed by atoms with Crippen LogP contribution in [0.25, 0.3) is 5.69 Å². The lowest BCUT2D eigenvalue weighted by atomic mass is 9.90. The SMILES string of the molecule is O=C(N[C@H]1c2ccccc2OC[C@H]1O)[C@H](Cc1ccccc1)C[C@H](O)CN1CCN(Cc2ccn(-c3ccccc3)c2)C[C@H]1C(=O)NCC(F)(F)F. The van der Waals surface area contributed by atoms with Gasteiger partial charge in [0, 0.05) is 62.3 Å². The number of β-amino-alcohol motifs (C(OH)–C–C–N with tert-alkyl or cyclic N) is 1. The monoisotopic (exact) mass is 719 g/mol. The molecule has 0 aliphatic carbocycles. The number of nitrogens with one attached hydrogen (secondary N) is 2. The lowest BCUT2D eigenvalue weighted by Gasteiger charge is -2.41. The van der Waals surface area contributed by atoms with Gasteiger partial charge in [0.1, 0.15) is 31.0 Å². The molecule has 1 fully saturated rings. The summed E-state index contributed by atoms with van der Waals surface area (Å²) in [6, 6.07) is 26.6. The number of amides is 2. The molecule has 0 radical (unpaired) electrons. The molecule has 13 heteroatoms. The van der Waals surface area contributed by atoms with Gasteiger partial charge in [0.2, 0.25) is 11.8 Å². The maximum Gasteiger partial charge on any atom is 0.405 e. The van der Waals surface area contributed by atoms with Crippen LogP contribution in [0.15, 0.2) is 103 Å². The maximum atomic E-state index is 13.9. The minimum absolute atomic E-state index is 0.0105. The molecule has 2 amide bonds. The number of aromatic nitrogens is 1. The molecular formula is C39H44F3N5O5. The zero-order valence-electron chi connectivity index (χ0n) is 28.7. The molecule has 1 saturated heterocycles. The first-order valence-electron chi connectivity index (χ1n) is 17.5. The van der Waals surface area contributed by atoms with E-state index in [0.29, 0.717) is 37.4 Å². The zero-order valence-corrected chi connectivity index (χ0v) is 28.7. The van der Waals surface area contributed by atoms with E-state index in [1.165, 1.54) is 0 Å². The number of alkyl halides is 3. The number of piperazine rings is 1. The van der Waals surface area contributed by atoms with Crippen molar-refractivity contribution < 1.29 is 37.7 Å². The molecule has 6 rings (SSSR count). The molecule has 276 valence electrons. The summed E-state index contributed by atoms with van der Waals surface area (Å²) in [6.07, 6.45) is -2.40. The Labute approximate surface area is 300 Å². The molecule has 2 aliphatic rings. The molecule has 2 aliphatic heterocycles. The fraction of sp³-hybridized carbons (Fsp3) is 0.385. The Kier molecular flexibility index (Phi) is 12.0. The number of carbonyl (C=O) groups excluding carboxylic acids is 2. The van der Waals surface area contributed by atoms with E-state index in [9.17, 15) is 33.0 Å². The molecule has 1 aromatic heterocycles. The highest BCUT2D eigenvalue weighted by atomic mass is 19.4. The number of fused-ring (bicyclic) bond motifs is 1. The summed E-state index contributed by atoms with van der Waals surface area (Å²) in [4.78, 5) is 30.9. The van der Waals surface area contributed by atoms with Crippen LogP contribution in [0.3, 0.4) is 0 Å². The predicted molar refractivity (Wildman–Crippen MR) is 189 cm³/mol. The normalized spacial score (nSPS) is 20.7. The smallest absolute Gasteiger partial charge is 0.405 e. The number of nitrogens with zero attached hydrogens (tertiary/aromatic N) is 3. The van der Waals surface area contributed by atoms with Crippen molar-refractivity contribution in [1.82, 2.24) is 25.0 Å². The van der Waals surface area contributed by atoms with E-state index >= 15 is 0 Å². The Morgan fingerprint density at radius 1 is 0.923 bits per heavy atom. The van der Waals surface area contributed by atoms with Crippen LogP contribution in [0.5, 0.6) is 5.75 Å². The Balaban J connectivity index is 1.15. The quantitative estimate of drug-likeness (QED) is 0.166. The fourth-order valence-electron chi connectivity index (χ4n) is 6.99. The van der Waals surface area contributed by atoms with Gasteiger partial charge in [0.05, 0.1) is 12.1 Å². The molecule has 3 aromatic carbocycles. The van der Waals surface area contributed by atoms with E-state index in [2.05, 4.69) is 5.32 Å². The van der Waals surface area contributed by atoms with Gasteiger partial charge in [0.15, 0.2) is 0 Å². The molecule has 5 atom stereocenters. The summed E-state index contributed by atoms with van der Waals surface area (Å²) < 4.78 is 47.0. The van der Waals surface area contributed by atoms with Crippen LogP contribution in [0.2, 0.25) is 0 Å². The van der Waals surface area contributed by atoms with Crippen molar-refractivity contribution in [3.05, 3.63) is 120 Å². The Hall–Kier alpha value is -4.69. The lowest BCUT2D eigenvalue weighted by Crippen LogP contribution is -2.60. The van der Waals surface area contributed by atoms with Gasteiger partial charge >= 0.3 is 6.18 Å². The first kappa shape index (κ1) is 37.1. The van der Waals surface area contributed by atoms with Gasteiger partial charge in [-0.05, 0) is 48.2 Å². The number of halogens is 3. The zero-order chi connectivity index (χ0) is 36.7. The summed E-state index contributed by atoms with van der Waals surface area (Å²) in [5.41, 5.74) is 3.50. The average Bonchev–Trinajstić information content (AvgIpc) is 3.61. The molecule has 0 spiro atoms. The molecule has 0 bridgehead atoms. The van der Waals surface area contributed by atoms with E-state index in [1.54, 1.807) is 23.1 Å². The molecule has 4 aromatic rings. The van der Waals surface area contributed by atoms with Crippen LogP contribution in [0, 0.1) is 5.92 Å². The summed E-state index contributed by atoms with van der Waals surface area (Å²) in [7, 11) is 0. The van der Waals surface area contributed by atoms with Crippen molar-refractivity contribution in [3.8, 4) is 11.4 Å².